The molecule has 0 radical (unpaired) electrons. The summed E-state index contributed by atoms with van der Waals surface area (Å²) in [5.41, 5.74) is -6.54. The first-order valence-corrected chi connectivity index (χ1v) is 12.5. The summed E-state index contributed by atoms with van der Waals surface area (Å²) >= 11 is 0. The highest BCUT2D eigenvalue weighted by Gasteiger charge is 2.91. The predicted molar refractivity (Wildman–Crippen MR) is 121 cm³/mol. The summed E-state index contributed by atoms with van der Waals surface area (Å²) in [6, 6.07) is 0. The molecule has 2 aliphatic carbocycles. The smallest absolute Gasteiger partial charge is 0.332 e. The molecule has 0 aromatic carbocycles. The van der Waals surface area contributed by atoms with E-state index >= 15 is 0 Å². The Morgan fingerprint density at radius 1 is 1.19 bits per heavy atom. The fourth-order valence-electron chi connectivity index (χ4n) is 8.46. The minimum atomic E-state index is -2.61. The van der Waals surface area contributed by atoms with E-state index in [0.717, 1.165) is 7.11 Å². The van der Waals surface area contributed by atoms with Crippen LogP contribution in [0.2, 0.25) is 0 Å². The van der Waals surface area contributed by atoms with Gasteiger partial charge in [0.2, 0.25) is 12.1 Å². The van der Waals surface area contributed by atoms with Crippen molar-refractivity contribution in [2.24, 2.45) is 28.1 Å². The lowest BCUT2D eigenvalue weighted by Crippen LogP contribution is -2.75. The lowest BCUT2D eigenvalue weighted by atomic mass is 9.38. The number of aliphatic hydroxyl groups excluding tert-OH is 2. The lowest BCUT2D eigenvalue weighted by Gasteiger charge is -2.63. The van der Waals surface area contributed by atoms with Crippen LogP contribution in [0.3, 0.4) is 0 Å². The van der Waals surface area contributed by atoms with Crippen LogP contribution in [-0.2, 0) is 38.1 Å². The number of methoxy groups -OCH3 is 1. The highest BCUT2D eigenvalue weighted by molar-refractivity contribution is 5.89. The Balaban J connectivity index is 1.73. The van der Waals surface area contributed by atoms with E-state index in [2.05, 4.69) is 0 Å². The van der Waals surface area contributed by atoms with Crippen molar-refractivity contribution >= 4 is 17.9 Å². The van der Waals surface area contributed by atoms with Crippen molar-refractivity contribution in [3.63, 3.8) is 0 Å². The van der Waals surface area contributed by atoms with Gasteiger partial charge in [0.15, 0.2) is 0 Å². The van der Waals surface area contributed by atoms with Crippen molar-refractivity contribution in [1.82, 2.24) is 0 Å². The van der Waals surface area contributed by atoms with Crippen molar-refractivity contribution in [3.05, 3.63) is 23.3 Å². The second-order valence-electron chi connectivity index (χ2n) is 12.2. The third-order valence-corrected chi connectivity index (χ3v) is 10.2. The zero-order valence-corrected chi connectivity index (χ0v) is 21.6. The summed E-state index contributed by atoms with van der Waals surface area (Å²) in [6.07, 6.45) is -1.55. The summed E-state index contributed by atoms with van der Waals surface area (Å²) in [6.45, 7) is 8.03. The molecule has 4 fully saturated rings. The molecule has 11 heteroatoms. The van der Waals surface area contributed by atoms with Crippen LogP contribution in [0.5, 0.6) is 0 Å². The average molecular weight is 521 g/mol. The van der Waals surface area contributed by atoms with Gasteiger partial charge in [0.25, 0.3) is 0 Å². The van der Waals surface area contributed by atoms with Crippen LogP contribution >= 0.6 is 0 Å². The maximum absolute atomic E-state index is 14.1. The molecule has 11 nitrogen and oxygen atoms in total. The fourth-order valence-corrected chi connectivity index (χ4v) is 8.46. The van der Waals surface area contributed by atoms with Gasteiger partial charge >= 0.3 is 17.9 Å². The van der Waals surface area contributed by atoms with Gasteiger partial charge in [0.05, 0.1) is 31.2 Å². The molecule has 3 saturated heterocycles. The van der Waals surface area contributed by atoms with Crippen molar-refractivity contribution in [1.29, 1.82) is 0 Å². The number of carbonyl (C=O) groups excluding carboxylic acids is 3. The normalized spacial score (nSPS) is 51.5. The number of ether oxygens (including phenoxy) is 5. The standard InChI is InChI=1S/C26H32O11/c1-11(27)26(32)25(20(31)33-6)17-18(37-26)35-19(30)22(17,4)9-14-23(25,5)15(28)7-12-13(24(14)10-34-24)8-16(29)36-21(12,2)3/h7-8,11,14-15,17-18,27-28,32H,9-10H2,1-6H3. The van der Waals surface area contributed by atoms with Crippen LogP contribution in [0.15, 0.2) is 23.3 Å². The maximum Gasteiger partial charge on any atom is 0.332 e. The first kappa shape index (κ1) is 25.0. The molecule has 3 N–H and O–H groups in total. The van der Waals surface area contributed by atoms with Crippen LogP contribution in [0.25, 0.3) is 0 Å². The van der Waals surface area contributed by atoms with Gasteiger partial charge in [0, 0.05) is 23.0 Å². The number of fused-ring (bicyclic) bond motifs is 5. The Hall–Kier alpha value is -2.31. The van der Waals surface area contributed by atoms with Crippen LogP contribution < -0.4 is 0 Å². The molecule has 202 valence electrons. The quantitative estimate of drug-likeness (QED) is 0.257. The van der Waals surface area contributed by atoms with Gasteiger partial charge in [-0.2, -0.15) is 0 Å². The fraction of sp³-hybridized carbons (Fsp3) is 0.731. The van der Waals surface area contributed by atoms with E-state index in [1.165, 1.54) is 19.1 Å². The zero-order valence-electron chi connectivity index (χ0n) is 21.6. The third-order valence-electron chi connectivity index (χ3n) is 10.2. The molecule has 0 amide bonds. The van der Waals surface area contributed by atoms with Crippen LogP contribution in [-0.4, -0.2) is 82.4 Å². The van der Waals surface area contributed by atoms with Gasteiger partial charge < -0.3 is 39.0 Å². The van der Waals surface area contributed by atoms with E-state index in [9.17, 15) is 29.7 Å². The molecular formula is C26H32O11. The first-order chi connectivity index (χ1) is 17.1. The molecule has 1 saturated carbocycles. The highest BCUT2D eigenvalue weighted by atomic mass is 16.8. The van der Waals surface area contributed by atoms with Gasteiger partial charge in [-0.3, -0.25) is 9.59 Å². The molecule has 1 spiro atoms. The number of rotatable bonds is 2. The summed E-state index contributed by atoms with van der Waals surface area (Å²) in [5.74, 6) is -6.71. The number of esters is 3. The van der Waals surface area contributed by atoms with E-state index in [4.69, 9.17) is 23.7 Å². The highest BCUT2D eigenvalue weighted by Crippen LogP contribution is 2.78. The van der Waals surface area contributed by atoms with Gasteiger partial charge in [-0.15, -0.1) is 0 Å². The number of carbonyl (C=O) groups is 3. The molecule has 4 heterocycles. The van der Waals surface area contributed by atoms with E-state index in [0.29, 0.717) is 11.1 Å². The minimum absolute atomic E-state index is 0.0898. The molecule has 37 heavy (non-hydrogen) atoms. The Kier molecular flexibility index (Phi) is 4.60. The number of aliphatic hydroxyl groups is 3. The molecule has 0 bridgehead atoms. The Labute approximate surface area is 213 Å². The van der Waals surface area contributed by atoms with Crippen LogP contribution in [0.1, 0.15) is 41.0 Å². The summed E-state index contributed by atoms with van der Waals surface area (Å²) in [7, 11) is 1.14. The van der Waals surface area contributed by atoms with E-state index in [1.54, 1.807) is 27.7 Å². The van der Waals surface area contributed by atoms with Crippen LogP contribution in [0.4, 0.5) is 0 Å². The minimum Gasteiger partial charge on any atom is -0.468 e. The number of epoxide rings is 1. The van der Waals surface area contributed by atoms with Gasteiger partial charge in [0.1, 0.15) is 22.7 Å². The summed E-state index contributed by atoms with van der Waals surface area (Å²) in [5, 5.41) is 35.1. The van der Waals surface area contributed by atoms with Gasteiger partial charge in [-0.25, -0.2) is 4.79 Å². The van der Waals surface area contributed by atoms with Gasteiger partial charge in [-0.1, -0.05) is 6.92 Å². The largest absolute Gasteiger partial charge is 0.468 e. The lowest BCUT2D eigenvalue weighted by molar-refractivity contribution is -0.339. The Morgan fingerprint density at radius 2 is 1.84 bits per heavy atom. The maximum atomic E-state index is 14.1. The molecular weight excluding hydrogens is 488 g/mol. The molecule has 4 aliphatic heterocycles. The van der Waals surface area contributed by atoms with Gasteiger partial charge in [-0.05, 0) is 45.8 Å². The second kappa shape index (κ2) is 6.81. The molecule has 6 rings (SSSR count). The number of hydrogen-bond acceptors (Lipinski definition) is 11. The van der Waals surface area contributed by atoms with Crippen molar-refractivity contribution in [2.45, 2.75) is 76.5 Å². The average Bonchev–Trinajstić information content (AvgIpc) is 3.50. The zero-order chi connectivity index (χ0) is 27.1. The SMILES string of the molecule is COC(=O)C12C3C(OC(=O)C3(C)CC3C4(CO4)C4=CC(=O)OC(C)(C)C4=CC(O)C31C)OC2(O)C(C)O. The van der Waals surface area contributed by atoms with E-state index in [1.807, 2.05) is 0 Å². The summed E-state index contributed by atoms with van der Waals surface area (Å²) in [4.78, 5) is 40.1. The number of hydrogen-bond donors (Lipinski definition) is 3. The monoisotopic (exact) mass is 520 g/mol. The van der Waals surface area contributed by atoms with E-state index < -0.39 is 81.5 Å². The molecule has 0 aromatic heterocycles. The molecule has 6 aliphatic rings. The van der Waals surface area contributed by atoms with Crippen LogP contribution in [0, 0.1) is 28.1 Å². The third kappa shape index (κ3) is 2.44. The number of cyclic esters (lactones) is 1. The first-order valence-electron chi connectivity index (χ1n) is 12.5. The molecule has 10 unspecified atom stereocenters. The van der Waals surface area contributed by atoms with Crippen molar-refractivity contribution in [3.8, 4) is 0 Å². The molecule has 10 atom stereocenters. The van der Waals surface area contributed by atoms with E-state index in [-0.39, 0.29) is 13.0 Å². The second-order valence-corrected chi connectivity index (χ2v) is 12.2. The molecule has 0 aromatic rings. The summed E-state index contributed by atoms with van der Waals surface area (Å²) < 4.78 is 28.4. The van der Waals surface area contributed by atoms with Crippen molar-refractivity contribution in [2.75, 3.05) is 13.7 Å². The van der Waals surface area contributed by atoms with Crippen molar-refractivity contribution < 1.29 is 53.4 Å². The Bertz CT molecular complexity index is 1200. The Morgan fingerprint density at radius 3 is 2.41 bits per heavy atom. The predicted octanol–water partition coefficient (Wildman–Crippen LogP) is 0.109. The topological polar surface area (TPSA) is 161 Å².